The molecule has 1 heterocycles. The maximum Gasteiger partial charge on any atom is 0.340 e. The summed E-state index contributed by atoms with van der Waals surface area (Å²) in [7, 11) is 3.20. The lowest BCUT2D eigenvalue weighted by Gasteiger charge is -2.55. The average Bonchev–Trinajstić information content (AvgIpc) is 3.00. The van der Waals surface area contributed by atoms with Gasteiger partial charge in [-0.1, -0.05) is 57.2 Å². The van der Waals surface area contributed by atoms with Crippen molar-refractivity contribution in [1.29, 1.82) is 0 Å². The lowest BCUT2D eigenvalue weighted by atomic mass is 9.49. The van der Waals surface area contributed by atoms with Crippen molar-refractivity contribution in [2.45, 2.75) is 58.2 Å². The van der Waals surface area contributed by atoms with Crippen LogP contribution in [0.3, 0.4) is 0 Å². The van der Waals surface area contributed by atoms with Crippen molar-refractivity contribution in [1.82, 2.24) is 0 Å². The Morgan fingerprint density at radius 3 is 2.52 bits per heavy atom. The molecule has 0 aromatic heterocycles. The maximum absolute atomic E-state index is 13.0. The van der Waals surface area contributed by atoms with Gasteiger partial charge in [0, 0.05) is 19.6 Å². The summed E-state index contributed by atoms with van der Waals surface area (Å²) >= 11 is 0. The summed E-state index contributed by atoms with van der Waals surface area (Å²) in [5.41, 5.74) is 0.809. The van der Waals surface area contributed by atoms with Gasteiger partial charge in [0.1, 0.15) is 6.10 Å². The predicted octanol–water partition coefficient (Wildman–Crippen LogP) is 4.29. The van der Waals surface area contributed by atoms with Gasteiger partial charge in [0.2, 0.25) is 0 Å². The minimum Gasteiger partial charge on any atom is -0.455 e. The molecule has 0 N–H and O–H groups in total. The highest BCUT2D eigenvalue weighted by Crippen LogP contribution is 2.63. The number of esters is 1. The van der Waals surface area contributed by atoms with E-state index in [1.54, 1.807) is 7.11 Å². The molecule has 3 aliphatic rings. The minimum atomic E-state index is -0.753. The van der Waals surface area contributed by atoms with Crippen LogP contribution in [0.4, 0.5) is 0 Å². The standard InChI is InChI=1S/C24H32O5/c1-23(2)14-13-18-24(3)17(23)12-11-16(19(24)22(27-5)29-18)28-21(25)20(26-4)15-9-7-6-8-10-15/h6-12,16-20,22H,13-14H2,1-5H3/t16-,17+,18+,19+,20+,22-,24-/m0/s1. The third-order valence-corrected chi connectivity index (χ3v) is 7.45. The molecule has 29 heavy (non-hydrogen) atoms. The van der Waals surface area contributed by atoms with Crippen molar-refractivity contribution in [3.63, 3.8) is 0 Å². The molecule has 1 saturated carbocycles. The van der Waals surface area contributed by atoms with Crippen LogP contribution in [0.1, 0.15) is 45.3 Å². The van der Waals surface area contributed by atoms with Crippen molar-refractivity contribution < 1.29 is 23.7 Å². The first kappa shape index (κ1) is 20.6. The zero-order valence-electron chi connectivity index (χ0n) is 18.0. The number of benzene rings is 1. The summed E-state index contributed by atoms with van der Waals surface area (Å²) in [6.07, 6.45) is 4.94. The smallest absolute Gasteiger partial charge is 0.340 e. The molecule has 2 aliphatic carbocycles. The molecule has 0 bridgehead atoms. The van der Waals surface area contributed by atoms with Gasteiger partial charge in [0.05, 0.1) is 12.0 Å². The molecule has 0 amide bonds. The topological polar surface area (TPSA) is 54.0 Å². The highest BCUT2D eigenvalue weighted by Gasteiger charge is 2.65. The van der Waals surface area contributed by atoms with E-state index in [0.29, 0.717) is 5.92 Å². The molecule has 1 aliphatic heterocycles. The molecule has 1 saturated heterocycles. The Bertz CT molecular complexity index is 773. The van der Waals surface area contributed by atoms with Gasteiger partial charge in [-0.25, -0.2) is 4.79 Å². The molecule has 4 rings (SSSR count). The second-order valence-electron chi connectivity index (χ2n) is 9.44. The van der Waals surface area contributed by atoms with E-state index in [2.05, 4.69) is 26.8 Å². The largest absolute Gasteiger partial charge is 0.455 e. The van der Waals surface area contributed by atoms with Crippen LogP contribution in [0.15, 0.2) is 42.5 Å². The first-order valence-corrected chi connectivity index (χ1v) is 10.5. The second-order valence-corrected chi connectivity index (χ2v) is 9.44. The van der Waals surface area contributed by atoms with Gasteiger partial charge in [0.25, 0.3) is 0 Å². The van der Waals surface area contributed by atoms with Crippen LogP contribution in [-0.2, 0) is 23.7 Å². The van der Waals surface area contributed by atoms with Crippen molar-refractivity contribution in [2.75, 3.05) is 14.2 Å². The molecule has 2 fully saturated rings. The zero-order valence-corrected chi connectivity index (χ0v) is 18.0. The Kier molecular flexibility index (Phi) is 5.34. The highest BCUT2D eigenvalue weighted by atomic mass is 16.7. The van der Waals surface area contributed by atoms with E-state index in [9.17, 15) is 4.79 Å². The minimum absolute atomic E-state index is 0.0516. The third-order valence-electron chi connectivity index (χ3n) is 7.45. The summed E-state index contributed by atoms with van der Waals surface area (Å²) in [6.45, 7) is 6.93. The SMILES string of the molecule is CO[C@H]1O[C@@H]2CCC(C)(C)[C@H]3C=C[C@H](OC(=O)[C@H](OC)c4ccccc4)[C@H]1[C@@]32C. The summed E-state index contributed by atoms with van der Waals surface area (Å²) < 4.78 is 23.6. The quantitative estimate of drug-likeness (QED) is 0.545. The molecule has 0 radical (unpaired) electrons. The Morgan fingerprint density at radius 1 is 1.14 bits per heavy atom. The van der Waals surface area contributed by atoms with Crippen LogP contribution >= 0.6 is 0 Å². The van der Waals surface area contributed by atoms with Crippen molar-refractivity contribution >= 4 is 5.97 Å². The van der Waals surface area contributed by atoms with Gasteiger partial charge < -0.3 is 18.9 Å². The van der Waals surface area contributed by atoms with Crippen LogP contribution < -0.4 is 0 Å². The summed E-state index contributed by atoms with van der Waals surface area (Å²) in [4.78, 5) is 13.0. The van der Waals surface area contributed by atoms with E-state index in [1.165, 1.54) is 7.11 Å². The Balaban J connectivity index is 1.63. The van der Waals surface area contributed by atoms with Gasteiger partial charge >= 0.3 is 5.97 Å². The Morgan fingerprint density at radius 2 is 1.86 bits per heavy atom. The van der Waals surface area contributed by atoms with Gasteiger partial charge in [-0.2, -0.15) is 0 Å². The average molecular weight is 401 g/mol. The molecule has 1 aromatic carbocycles. The summed E-state index contributed by atoms with van der Waals surface area (Å²) in [5.74, 6) is -0.0886. The molecular formula is C24H32O5. The van der Waals surface area contributed by atoms with Crippen LogP contribution in [0.2, 0.25) is 0 Å². The van der Waals surface area contributed by atoms with E-state index in [4.69, 9.17) is 18.9 Å². The first-order valence-electron chi connectivity index (χ1n) is 10.5. The molecule has 5 heteroatoms. The molecule has 0 unspecified atom stereocenters. The normalized spacial score (nSPS) is 38.3. The van der Waals surface area contributed by atoms with E-state index < -0.39 is 12.2 Å². The number of allylic oxidation sites excluding steroid dienone is 1. The van der Waals surface area contributed by atoms with E-state index in [-0.39, 0.29) is 35.1 Å². The maximum atomic E-state index is 13.0. The number of rotatable bonds is 5. The summed E-state index contributed by atoms with van der Waals surface area (Å²) in [6, 6.07) is 9.44. The van der Waals surface area contributed by atoms with Crippen LogP contribution in [0.25, 0.3) is 0 Å². The lowest BCUT2D eigenvalue weighted by Crippen LogP contribution is -2.55. The van der Waals surface area contributed by atoms with Crippen LogP contribution in [0.5, 0.6) is 0 Å². The van der Waals surface area contributed by atoms with Gasteiger partial charge in [0.15, 0.2) is 12.4 Å². The third kappa shape index (κ3) is 3.24. The van der Waals surface area contributed by atoms with Gasteiger partial charge in [-0.05, 0) is 35.8 Å². The molecule has 1 aromatic rings. The predicted molar refractivity (Wildman–Crippen MR) is 109 cm³/mol. The Hall–Kier alpha value is -1.69. The number of hydrogen-bond acceptors (Lipinski definition) is 5. The molecule has 5 nitrogen and oxygen atoms in total. The molecule has 0 spiro atoms. The fourth-order valence-electron chi connectivity index (χ4n) is 6.01. The van der Waals surface area contributed by atoms with E-state index in [1.807, 2.05) is 36.4 Å². The molecule has 158 valence electrons. The fraction of sp³-hybridized carbons (Fsp3) is 0.625. The van der Waals surface area contributed by atoms with E-state index >= 15 is 0 Å². The molecule has 7 atom stereocenters. The van der Waals surface area contributed by atoms with E-state index in [0.717, 1.165) is 18.4 Å². The lowest BCUT2D eigenvalue weighted by molar-refractivity contribution is -0.174. The van der Waals surface area contributed by atoms with Gasteiger partial charge in [-0.15, -0.1) is 0 Å². The van der Waals surface area contributed by atoms with Crippen molar-refractivity contribution in [2.24, 2.45) is 22.7 Å². The van der Waals surface area contributed by atoms with Crippen molar-refractivity contribution in [3.8, 4) is 0 Å². The van der Waals surface area contributed by atoms with Crippen LogP contribution in [-0.4, -0.2) is 38.7 Å². The second kappa shape index (κ2) is 7.53. The van der Waals surface area contributed by atoms with Gasteiger partial charge in [-0.3, -0.25) is 0 Å². The summed E-state index contributed by atoms with van der Waals surface area (Å²) in [5, 5.41) is 0. The van der Waals surface area contributed by atoms with Crippen LogP contribution in [0, 0.1) is 22.7 Å². The Labute approximate surface area is 173 Å². The highest BCUT2D eigenvalue weighted by molar-refractivity contribution is 5.77. The number of carbonyl (C=O) groups is 1. The number of hydrogen-bond donors (Lipinski definition) is 0. The first-order chi connectivity index (χ1) is 13.8. The number of ether oxygens (including phenoxy) is 4. The number of methoxy groups -OCH3 is 2. The fourth-order valence-corrected chi connectivity index (χ4v) is 6.01. The monoisotopic (exact) mass is 400 g/mol. The molecular weight excluding hydrogens is 368 g/mol. The van der Waals surface area contributed by atoms with Crippen molar-refractivity contribution in [3.05, 3.63) is 48.0 Å². The number of carbonyl (C=O) groups excluding carboxylic acids is 1. The zero-order chi connectivity index (χ0) is 20.8.